The lowest BCUT2D eigenvalue weighted by atomic mass is 10.1. The van der Waals surface area contributed by atoms with Gasteiger partial charge in [0.25, 0.3) is 0 Å². The minimum atomic E-state index is -3.64. The molecular weight excluding hydrogens is 506 g/mol. The Labute approximate surface area is 218 Å². The summed E-state index contributed by atoms with van der Waals surface area (Å²) < 4.78 is 36.6. The molecule has 0 spiro atoms. The fourth-order valence-electron chi connectivity index (χ4n) is 3.87. The van der Waals surface area contributed by atoms with E-state index in [1.807, 2.05) is 25.1 Å². The van der Waals surface area contributed by atoms with Gasteiger partial charge in [-0.3, -0.25) is 13.9 Å². The van der Waals surface area contributed by atoms with Crippen molar-refractivity contribution in [2.75, 3.05) is 38.4 Å². The summed E-state index contributed by atoms with van der Waals surface area (Å²) in [5.41, 5.74) is 1.19. The lowest BCUT2D eigenvalue weighted by molar-refractivity contribution is -0.141. The topological polar surface area (TPSA) is 105 Å². The van der Waals surface area contributed by atoms with Crippen molar-refractivity contribution >= 4 is 39.1 Å². The molecule has 2 aromatic carbocycles. The van der Waals surface area contributed by atoms with Gasteiger partial charge < -0.3 is 19.7 Å². The number of amides is 2. The quantitative estimate of drug-likeness (QED) is 0.418. The van der Waals surface area contributed by atoms with Crippen molar-refractivity contribution in [1.29, 1.82) is 0 Å². The van der Waals surface area contributed by atoms with E-state index in [-0.39, 0.29) is 42.8 Å². The number of carbonyl (C=O) groups is 2. The molecule has 198 valence electrons. The van der Waals surface area contributed by atoms with Crippen LogP contribution in [0.2, 0.25) is 5.02 Å². The third-order valence-corrected chi connectivity index (χ3v) is 7.18. The molecular formula is C25H34ClN3O6S. The Hall–Kier alpha value is -2.98. The molecule has 0 aromatic heterocycles. The number of anilines is 1. The van der Waals surface area contributed by atoms with Gasteiger partial charge in [-0.25, -0.2) is 8.42 Å². The van der Waals surface area contributed by atoms with Gasteiger partial charge in [-0.1, -0.05) is 30.7 Å². The van der Waals surface area contributed by atoms with Gasteiger partial charge in [0.15, 0.2) is 0 Å². The highest BCUT2D eigenvalue weighted by molar-refractivity contribution is 7.92. The van der Waals surface area contributed by atoms with Crippen LogP contribution in [0.5, 0.6) is 11.5 Å². The number of nitrogens with one attached hydrogen (secondary N) is 1. The minimum Gasteiger partial charge on any atom is -0.497 e. The highest BCUT2D eigenvalue weighted by Gasteiger charge is 2.28. The van der Waals surface area contributed by atoms with E-state index in [1.165, 1.54) is 29.4 Å². The fourth-order valence-corrected chi connectivity index (χ4v) is 5.08. The summed E-state index contributed by atoms with van der Waals surface area (Å²) in [6.45, 7) is 2.12. The first-order chi connectivity index (χ1) is 17.0. The van der Waals surface area contributed by atoms with Crippen molar-refractivity contribution in [2.45, 2.75) is 38.8 Å². The van der Waals surface area contributed by atoms with E-state index in [0.29, 0.717) is 23.6 Å². The second-order valence-corrected chi connectivity index (χ2v) is 10.5. The zero-order valence-electron chi connectivity index (χ0n) is 21.3. The number of rotatable bonds is 13. The Balaban J connectivity index is 2.22. The molecule has 2 aromatic rings. The van der Waals surface area contributed by atoms with Crippen LogP contribution in [0.4, 0.5) is 5.69 Å². The molecule has 9 nitrogen and oxygen atoms in total. The molecule has 2 amide bonds. The molecule has 1 atom stereocenters. The lowest BCUT2D eigenvalue weighted by Crippen LogP contribution is -2.48. The van der Waals surface area contributed by atoms with Gasteiger partial charge in [0.1, 0.15) is 17.5 Å². The summed E-state index contributed by atoms with van der Waals surface area (Å²) in [5.74, 6) is 0.556. The molecule has 1 N–H and O–H groups in total. The van der Waals surface area contributed by atoms with Crippen LogP contribution in [-0.2, 0) is 26.2 Å². The maximum Gasteiger partial charge on any atom is 0.242 e. The maximum absolute atomic E-state index is 13.3. The number of carbonyl (C=O) groups excluding carboxylic acids is 2. The number of nitrogens with zero attached hydrogens (tertiary/aromatic N) is 2. The van der Waals surface area contributed by atoms with Crippen molar-refractivity contribution < 1.29 is 27.5 Å². The molecule has 0 fully saturated rings. The summed E-state index contributed by atoms with van der Waals surface area (Å²) in [6.07, 6.45) is 1.82. The van der Waals surface area contributed by atoms with E-state index in [1.54, 1.807) is 25.3 Å². The molecule has 0 aliphatic heterocycles. The van der Waals surface area contributed by atoms with Crippen LogP contribution in [0.15, 0.2) is 42.5 Å². The van der Waals surface area contributed by atoms with Gasteiger partial charge in [-0.05, 0) is 48.7 Å². The Kier molecular flexibility index (Phi) is 10.9. The van der Waals surface area contributed by atoms with E-state index >= 15 is 0 Å². The number of hydrogen-bond donors (Lipinski definition) is 1. The van der Waals surface area contributed by atoms with Crippen molar-refractivity contribution in [3.8, 4) is 11.5 Å². The molecule has 11 heteroatoms. The van der Waals surface area contributed by atoms with E-state index in [2.05, 4.69) is 5.32 Å². The molecule has 0 heterocycles. The fraction of sp³-hybridized carbons (Fsp3) is 0.440. The number of halogens is 1. The number of ether oxygens (including phenoxy) is 2. The zero-order chi connectivity index (χ0) is 26.9. The maximum atomic E-state index is 13.3. The van der Waals surface area contributed by atoms with Crippen LogP contribution in [0.3, 0.4) is 0 Å². The van der Waals surface area contributed by atoms with E-state index in [4.69, 9.17) is 21.1 Å². The van der Waals surface area contributed by atoms with E-state index < -0.39 is 16.1 Å². The molecule has 0 aliphatic rings. The highest BCUT2D eigenvalue weighted by atomic mass is 35.5. The minimum absolute atomic E-state index is 0.0490. The largest absolute Gasteiger partial charge is 0.497 e. The average molecular weight is 540 g/mol. The van der Waals surface area contributed by atoms with E-state index in [0.717, 1.165) is 11.8 Å². The summed E-state index contributed by atoms with van der Waals surface area (Å²) in [7, 11) is 0.928. The Morgan fingerprint density at radius 3 is 2.39 bits per heavy atom. The number of likely N-dealkylation sites (N-methyl/N-ethyl adjacent to an activating group) is 1. The number of methoxy groups -OCH3 is 2. The summed E-state index contributed by atoms with van der Waals surface area (Å²) in [5, 5.41) is 2.90. The van der Waals surface area contributed by atoms with Crippen molar-refractivity contribution in [1.82, 2.24) is 10.2 Å². The van der Waals surface area contributed by atoms with Crippen LogP contribution in [-0.4, -0.2) is 65.2 Å². The summed E-state index contributed by atoms with van der Waals surface area (Å²) >= 11 is 6.19. The van der Waals surface area contributed by atoms with Gasteiger partial charge in [-0.15, -0.1) is 0 Å². The van der Waals surface area contributed by atoms with Gasteiger partial charge in [0.05, 0.1) is 31.2 Å². The molecule has 0 bridgehead atoms. The predicted molar refractivity (Wildman–Crippen MR) is 141 cm³/mol. The second kappa shape index (κ2) is 13.4. The smallest absolute Gasteiger partial charge is 0.242 e. The first-order valence-corrected chi connectivity index (χ1v) is 13.7. The van der Waals surface area contributed by atoms with Gasteiger partial charge >= 0.3 is 0 Å². The van der Waals surface area contributed by atoms with Crippen LogP contribution in [0, 0.1) is 0 Å². The highest BCUT2D eigenvalue weighted by Crippen LogP contribution is 2.30. The average Bonchev–Trinajstić information content (AvgIpc) is 2.85. The zero-order valence-corrected chi connectivity index (χ0v) is 22.9. The Bertz CT molecular complexity index is 1160. The molecule has 0 saturated carbocycles. The summed E-state index contributed by atoms with van der Waals surface area (Å²) in [6, 6.07) is 11.3. The molecule has 0 saturated heterocycles. The third-order valence-electron chi connectivity index (χ3n) is 5.69. The van der Waals surface area contributed by atoms with Gasteiger partial charge in [0, 0.05) is 26.6 Å². The number of sulfonamides is 1. The van der Waals surface area contributed by atoms with Crippen LogP contribution < -0.4 is 19.1 Å². The van der Waals surface area contributed by atoms with Crippen LogP contribution >= 0.6 is 11.6 Å². The number of benzene rings is 2. The number of hydrogen-bond acceptors (Lipinski definition) is 6. The van der Waals surface area contributed by atoms with Gasteiger partial charge in [-0.2, -0.15) is 0 Å². The van der Waals surface area contributed by atoms with E-state index in [9.17, 15) is 18.0 Å². The van der Waals surface area contributed by atoms with Crippen molar-refractivity contribution in [3.63, 3.8) is 0 Å². The Morgan fingerprint density at radius 1 is 1.11 bits per heavy atom. The van der Waals surface area contributed by atoms with Crippen LogP contribution in [0.25, 0.3) is 0 Å². The summed E-state index contributed by atoms with van der Waals surface area (Å²) in [4.78, 5) is 27.4. The lowest BCUT2D eigenvalue weighted by Gasteiger charge is -2.31. The molecule has 36 heavy (non-hydrogen) atoms. The Morgan fingerprint density at radius 2 is 1.83 bits per heavy atom. The first kappa shape index (κ1) is 29.3. The van der Waals surface area contributed by atoms with Gasteiger partial charge in [0.2, 0.25) is 21.8 Å². The molecule has 2 rings (SSSR count). The predicted octanol–water partition coefficient (Wildman–Crippen LogP) is 3.46. The van der Waals surface area contributed by atoms with Crippen molar-refractivity contribution in [2.24, 2.45) is 0 Å². The monoisotopic (exact) mass is 539 g/mol. The molecule has 0 aliphatic carbocycles. The third kappa shape index (κ3) is 7.76. The molecule has 1 unspecified atom stereocenters. The standard InChI is InChI=1S/C25H34ClN3O6S/c1-6-22(25(31)27-2)28(17-18-9-7-10-20(15-18)34-3)24(30)11-8-14-29(36(5,32)33)19-12-13-23(35-4)21(26)16-19/h7,9-10,12-13,15-16,22H,6,8,11,14,17H2,1-5H3,(H,27,31). The van der Waals surface area contributed by atoms with Crippen LogP contribution in [0.1, 0.15) is 31.7 Å². The second-order valence-electron chi connectivity index (χ2n) is 8.17. The molecule has 0 radical (unpaired) electrons. The van der Waals surface area contributed by atoms with Crippen molar-refractivity contribution in [3.05, 3.63) is 53.1 Å². The normalized spacial score (nSPS) is 11.9. The SMILES string of the molecule is CCC(C(=O)NC)N(Cc1cccc(OC)c1)C(=O)CCCN(c1ccc(OC)c(Cl)c1)S(C)(=O)=O. The first-order valence-electron chi connectivity index (χ1n) is 11.5.